The molecule has 0 unspecified atom stereocenters. The summed E-state index contributed by atoms with van der Waals surface area (Å²) in [5.41, 5.74) is 1.28. The lowest BCUT2D eigenvalue weighted by molar-refractivity contribution is -0.913. The van der Waals surface area contributed by atoms with Gasteiger partial charge in [0, 0.05) is 18.4 Å². The van der Waals surface area contributed by atoms with E-state index in [-0.39, 0.29) is 0 Å². The minimum absolute atomic E-state index is 0.382. The maximum atomic E-state index is 14.0. The highest BCUT2D eigenvalue weighted by atomic mass is 16.6. The lowest BCUT2D eigenvalue weighted by Gasteiger charge is -2.50. The molecule has 1 fully saturated rings. The van der Waals surface area contributed by atoms with Crippen molar-refractivity contribution in [3.63, 3.8) is 0 Å². The third-order valence-corrected chi connectivity index (χ3v) is 5.79. The van der Waals surface area contributed by atoms with Gasteiger partial charge in [-0.3, -0.25) is 0 Å². The van der Waals surface area contributed by atoms with Crippen molar-refractivity contribution in [2.45, 2.75) is 31.0 Å². The minimum atomic E-state index is -1.31. The van der Waals surface area contributed by atoms with Crippen LogP contribution in [0.5, 0.6) is 0 Å². The van der Waals surface area contributed by atoms with Crippen LogP contribution in [-0.4, -0.2) is 22.3 Å². The average molecular weight is 359 g/mol. The summed E-state index contributed by atoms with van der Waals surface area (Å²) in [6.07, 6.45) is 1.53. The van der Waals surface area contributed by atoms with Gasteiger partial charge < -0.3 is 15.0 Å². The maximum Gasteiger partial charge on any atom is 0.167 e. The highest BCUT2D eigenvalue weighted by Crippen LogP contribution is 2.44. The molecule has 1 N–H and O–H groups in total. The number of hydroxylamine groups is 3. The average Bonchev–Trinajstić information content (AvgIpc) is 3.11. The molecule has 0 spiro atoms. The van der Waals surface area contributed by atoms with Gasteiger partial charge >= 0.3 is 0 Å². The molecule has 2 atom stereocenters. The van der Waals surface area contributed by atoms with Crippen LogP contribution >= 0.6 is 0 Å². The zero-order valence-corrected chi connectivity index (χ0v) is 15.4. The predicted octanol–water partition coefficient (Wildman–Crippen LogP) is 4.60. The first-order valence-corrected chi connectivity index (χ1v) is 9.58. The zero-order chi connectivity index (χ0) is 18.7. The number of hydrogen-bond acceptors (Lipinski definition) is 2. The second kappa shape index (κ2) is 7.28. The molecule has 1 aliphatic heterocycles. The van der Waals surface area contributed by atoms with Gasteiger partial charge in [0.1, 0.15) is 12.6 Å². The Bertz CT molecular complexity index is 827. The van der Waals surface area contributed by atoms with E-state index in [1.165, 1.54) is 0 Å². The lowest BCUT2D eigenvalue weighted by Crippen LogP contribution is -2.56. The van der Waals surface area contributed by atoms with Crippen molar-refractivity contribution in [1.29, 1.82) is 0 Å². The van der Waals surface area contributed by atoms with Crippen molar-refractivity contribution in [2.75, 3.05) is 6.54 Å². The smallest absolute Gasteiger partial charge is 0.167 e. The van der Waals surface area contributed by atoms with Crippen LogP contribution in [0, 0.1) is 5.21 Å². The van der Waals surface area contributed by atoms with Gasteiger partial charge in [-0.05, 0) is 11.1 Å². The largest absolute Gasteiger partial charge is 0.632 e. The van der Waals surface area contributed by atoms with Crippen LogP contribution in [0.25, 0.3) is 0 Å². The van der Waals surface area contributed by atoms with Gasteiger partial charge in [-0.2, -0.15) is 0 Å². The number of rotatable bonds is 5. The van der Waals surface area contributed by atoms with Crippen LogP contribution < -0.4 is 0 Å². The standard InChI is InChI=1S/C24H25NO2/c26-24(21-13-6-2-7-14-21,22-15-8-3-9-16-22)23-17-10-18-25(23,27)19-20-11-4-1-5-12-20/h1-9,11-16,23,26H,10,17-19H2/t23-,25+/m0/s1. The normalized spacial score (nSPS) is 22.7. The molecule has 3 heteroatoms. The fraction of sp³-hybridized carbons (Fsp3) is 0.250. The van der Waals surface area contributed by atoms with Gasteiger partial charge in [0.25, 0.3) is 0 Å². The summed E-state index contributed by atoms with van der Waals surface area (Å²) in [6.45, 7) is 0.912. The Labute approximate surface area is 160 Å². The second-order valence-electron chi connectivity index (χ2n) is 7.48. The lowest BCUT2D eigenvalue weighted by atomic mass is 9.78. The summed E-state index contributed by atoms with van der Waals surface area (Å²) >= 11 is 0. The van der Waals surface area contributed by atoms with Crippen LogP contribution in [0.1, 0.15) is 29.5 Å². The maximum absolute atomic E-state index is 14.0. The number of quaternary nitrogens is 1. The van der Waals surface area contributed by atoms with E-state index in [1.807, 2.05) is 91.0 Å². The van der Waals surface area contributed by atoms with E-state index in [2.05, 4.69) is 0 Å². The van der Waals surface area contributed by atoms with E-state index in [1.54, 1.807) is 0 Å². The third kappa shape index (κ3) is 3.30. The quantitative estimate of drug-likeness (QED) is 0.534. The summed E-state index contributed by atoms with van der Waals surface area (Å²) in [5, 5.41) is 26.0. The molecule has 0 aromatic heterocycles. The Morgan fingerprint density at radius 3 is 1.81 bits per heavy atom. The van der Waals surface area contributed by atoms with Crippen LogP contribution in [0.4, 0.5) is 0 Å². The van der Waals surface area contributed by atoms with E-state index in [0.29, 0.717) is 19.5 Å². The highest BCUT2D eigenvalue weighted by molar-refractivity contribution is 5.38. The Morgan fingerprint density at radius 2 is 1.30 bits per heavy atom. The summed E-state index contributed by atoms with van der Waals surface area (Å²) < 4.78 is -0.399. The molecular formula is C24H25NO2. The summed E-state index contributed by atoms with van der Waals surface area (Å²) in [6, 6.07) is 28.7. The summed E-state index contributed by atoms with van der Waals surface area (Å²) in [5.74, 6) is 0. The number of nitrogens with zero attached hydrogens (tertiary/aromatic N) is 1. The van der Waals surface area contributed by atoms with E-state index < -0.39 is 16.3 Å². The molecule has 4 rings (SSSR count). The van der Waals surface area contributed by atoms with Crippen molar-refractivity contribution in [1.82, 2.24) is 0 Å². The van der Waals surface area contributed by atoms with Gasteiger partial charge in [0.15, 0.2) is 5.60 Å². The van der Waals surface area contributed by atoms with Gasteiger partial charge in [0.05, 0.1) is 6.54 Å². The van der Waals surface area contributed by atoms with Gasteiger partial charge in [0.2, 0.25) is 0 Å². The molecule has 3 nitrogen and oxygen atoms in total. The Balaban J connectivity index is 1.80. The van der Waals surface area contributed by atoms with Gasteiger partial charge in [-0.1, -0.05) is 91.0 Å². The summed E-state index contributed by atoms with van der Waals surface area (Å²) in [7, 11) is 0. The molecule has 1 heterocycles. The first-order chi connectivity index (χ1) is 13.1. The molecule has 0 aliphatic carbocycles. The van der Waals surface area contributed by atoms with Crippen LogP contribution in [-0.2, 0) is 12.1 Å². The number of benzene rings is 3. The van der Waals surface area contributed by atoms with E-state index in [4.69, 9.17) is 0 Å². The first-order valence-electron chi connectivity index (χ1n) is 9.58. The number of hydrogen-bond donors (Lipinski definition) is 1. The van der Waals surface area contributed by atoms with Gasteiger partial charge in [-0.25, -0.2) is 0 Å². The van der Waals surface area contributed by atoms with E-state index in [9.17, 15) is 10.3 Å². The Kier molecular flexibility index (Phi) is 4.83. The summed E-state index contributed by atoms with van der Waals surface area (Å²) in [4.78, 5) is 0. The van der Waals surface area contributed by atoms with Crippen molar-refractivity contribution >= 4 is 0 Å². The molecule has 1 aliphatic rings. The molecule has 0 radical (unpaired) electrons. The van der Waals surface area contributed by atoms with Crippen molar-refractivity contribution in [3.05, 3.63) is 113 Å². The topological polar surface area (TPSA) is 43.3 Å². The first kappa shape index (κ1) is 17.9. The third-order valence-electron chi connectivity index (χ3n) is 5.79. The second-order valence-corrected chi connectivity index (χ2v) is 7.48. The highest BCUT2D eigenvalue weighted by Gasteiger charge is 2.51. The molecule has 27 heavy (non-hydrogen) atoms. The molecule has 138 valence electrons. The van der Waals surface area contributed by atoms with E-state index >= 15 is 0 Å². The molecule has 1 saturated heterocycles. The van der Waals surface area contributed by atoms with Gasteiger partial charge in [-0.15, -0.1) is 0 Å². The van der Waals surface area contributed by atoms with E-state index in [0.717, 1.165) is 23.1 Å². The SMILES string of the molecule is [O-][N@@+]1(Cc2ccccc2)CCC[C@H]1C(O)(c1ccccc1)c1ccccc1. The predicted molar refractivity (Wildman–Crippen MR) is 108 cm³/mol. The molecule has 3 aromatic rings. The van der Waals surface area contributed by atoms with Crippen molar-refractivity contribution < 1.29 is 9.75 Å². The molecular weight excluding hydrogens is 334 g/mol. The fourth-order valence-electron chi connectivity index (χ4n) is 4.51. The Morgan fingerprint density at radius 1 is 0.815 bits per heavy atom. The Hall–Kier alpha value is -2.46. The van der Waals surface area contributed by atoms with Crippen molar-refractivity contribution in [3.8, 4) is 0 Å². The molecule has 0 bridgehead atoms. The number of aliphatic hydroxyl groups is 1. The molecule has 0 amide bonds. The zero-order valence-electron chi connectivity index (χ0n) is 15.4. The van der Waals surface area contributed by atoms with Crippen LogP contribution in [0.2, 0.25) is 0 Å². The van der Waals surface area contributed by atoms with Crippen molar-refractivity contribution in [2.24, 2.45) is 0 Å². The fourth-order valence-corrected chi connectivity index (χ4v) is 4.51. The van der Waals surface area contributed by atoms with Crippen LogP contribution in [0.15, 0.2) is 91.0 Å². The minimum Gasteiger partial charge on any atom is -0.632 e. The molecule has 3 aromatic carbocycles. The number of likely N-dealkylation sites (tertiary alicyclic amines) is 1. The van der Waals surface area contributed by atoms with Crippen LogP contribution in [0.3, 0.4) is 0 Å². The monoisotopic (exact) mass is 359 g/mol. The molecule has 0 saturated carbocycles.